The summed E-state index contributed by atoms with van der Waals surface area (Å²) in [4.78, 5) is 35.8. The second kappa shape index (κ2) is 9.21. The van der Waals surface area contributed by atoms with Gasteiger partial charge >= 0.3 is 0 Å². The van der Waals surface area contributed by atoms with Crippen LogP contribution in [-0.4, -0.2) is 55.9 Å². The molecule has 8 nitrogen and oxygen atoms in total. The molecule has 0 bridgehead atoms. The molecule has 0 unspecified atom stereocenters. The Morgan fingerprint density at radius 1 is 1.09 bits per heavy atom. The van der Waals surface area contributed by atoms with E-state index < -0.39 is 0 Å². The van der Waals surface area contributed by atoms with Gasteiger partial charge < -0.3 is 14.4 Å². The molecule has 2 fully saturated rings. The molecule has 0 aliphatic carbocycles. The zero-order chi connectivity index (χ0) is 23.9. The summed E-state index contributed by atoms with van der Waals surface area (Å²) in [5, 5.41) is 0. The number of hydrogen-bond acceptors (Lipinski definition) is 9. The maximum absolute atomic E-state index is 13.5. The van der Waals surface area contributed by atoms with Gasteiger partial charge in [0.25, 0.3) is 11.5 Å². The molecular formula is C24H20N4O4S3. The van der Waals surface area contributed by atoms with Crippen molar-refractivity contribution in [1.82, 2.24) is 14.3 Å². The summed E-state index contributed by atoms with van der Waals surface area (Å²) in [5.74, 6) is 3.66. The summed E-state index contributed by atoms with van der Waals surface area (Å²) in [6.45, 7) is 2.10. The molecule has 0 atom stereocenters. The van der Waals surface area contributed by atoms with Crippen molar-refractivity contribution in [3.05, 3.63) is 69.0 Å². The molecule has 178 valence electrons. The predicted molar refractivity (Wildman–Crippen MR) is 142 cm³/mol. The molecule has 0 radical (unpaired) electrons. The first kappa shape index (κ1) is 22.4. The number of amides is 1. The van der Waals surface area contributed by atoms with Crippen molar-refractivity contribution in [2.45, 2.75) is 6.54 Å². The Morgan fingerprint density at radius 3 is 2.77 bits per heavy atom. The van der Waals surface area contributed by atoms with E-state index in [1.54, 1.807) is 23.2 Å². The lowest BCUT2D eigenvalue weighted by Crippen LogP contribution is -2.35. The first-order chi connectivity index (χ1) is 17.1. The molecule has 6 rings (SSSR count). The molecule has 3 aliphatic rings. The van der Waals surface area contributed by atoms with E-state index in [0.29, 0.717) is 44.3 Å². The number of rotatable bonds is 4. The maximum atomic E-state index is 13.5. The van der Waals surface area contributed by atoms with Gasteiger partial charge in [0.05, 0.1) is 17.0 Å². The molecular weight excluding hydrogens is 504 g/mol. The highest BCUT2D eigenvalue weighted by Crippen LogP contribution is 2.37. The van der Waals surface area contributed by atoms with Gasteiger partial charge in [0.15, 0.2) is 11.5 Å². The molecule has 2 saturated heterocycles. The summed E-state index contributed by atoms with van der Waals surface area (Å²) < 4.78 is 12.8. The lowest BCUT2D eigenvalue weighted by atomic mass is 10.2. The fourth-order valence-corrected chi connectivity index (χ4v) is 6.36. The number of hydrogen-bond donors (Lipinski definition) is 0. The van der Waals surface area contributed by atoms with Gasteiger partial charge in [-0.15, -0.1) is 0 Å². The van der Waals surface area contributed by atoms with Crippen molar-refractivity contribution in [2.24, 2.45) is 0 Å². The van der Waals surface area contributed by atoms with E-state index in [1.165, 1.54) is 16.2 Å². The van der Waals surface area contributed by atoms with Crippen molar-refractivity contribution in [1.29, 1.82) is 0 Å². The highest BCUT2D eigenvalue weighted by molar-refractivity contribution is 8.26. The maximum Gasteiger partial charge on any atom is 0.267 e. The minimum absolute atomic E-state index is 0.190. The fraction of sp³-hybridized carbons (Fsp3) is 0.250. The van der Waals surface area contributed by atoms with Crippen LogP contribution in [0.2, 0.25) is 0 Å². The molecule has 2 aromatic heterocycles. The van der Waals surface area contributed by atoms with Gasteiger partial charge in [-0.2, -0.15) is 11.8 Å². The van der Waals surface area contributed by atoms with E-state index >= 15 is 0 Å². The molecule has 11 heteroatoms. The quantitative estimate of drug-likeness (QED) is 0.377. The average Bonchev–Trinajstić information content (AvgIpc) is 3.45. The number of thiocarbonyl (C=S) groups is 1. The Hall–Kier alpha value is -3.02. The number of benzene rings is 1. The Balaban J connectivity index is 1.36. The van der Waals surface area contributed by atoms with Crippen LogP contribution in [0.15, 0.2) is 52.3 Å². The van der Waals surface area contributed by atoms with Crippen molar-refractivity contribution in [3.8, 4) is 11.5 Å². The van der Waals surface area contributed by atoms with Crippen LogP contribution in [-0.2, 0) is 11.3 Å². The number of ether oxygens (including phenoxy) is 2. The minimum Gasteiger partial charge on any atom is -0.454 e. The molecule has 5 heterocycles. The zero-order valence-electron chi connectivity index (χ0n) is 18.5. The van der Waals surface area contributed by atoms with Crippen LogP contribution in [0.25, 0.3) is 11.7 Å². The van der Waals surface area contributed by atoms with E-state index in [-0.39, 0.29) is 18.3 Å². The second-order valence-electron chi connectivity index (χ2n) is 8.14. The predicted octanol–water partition coefficient (Wildman–Crippen LogP) is 3.38. The second-order valence-corrected chi connectivity index (χ2v) is 11.0. The molecule has 35 heavy (non-hydrogen) atoms. The van der Waals surface area contributed by atoms with Crippen LogP contribution in [0.1, 0.15) is 11.1 Å². The SMILES string of the molecule is O=C1/C(=C/c2c(N3CCSCC3)nc3ccccn3c2=O)SC(=S)N1Cc1ccc2c(c1)OCO2. The number of pyridine rings is 1. The smallest absolute Gasteiger partial charge is 0.267 e. The summed E-state index contributed by atoms with van der Waals surface area (Å²) in [5.41, 5.74) is 1.66. The number of carbonyl (C=O) groups excluding carboxylic acids is 1. The molecule has 1 aromatic carbocycles. The molecule has 0 N–H and O–H groups in total. The molecule has 3 aliphatic heterocycles. The highest BCUT2D eigenvalue weighted by Gasteiger charge is 2.33. The van der Waals surface area contributed by atoms with Crippen LogP contribution in [0.5, 0.6) is 11.5 Å². The third-order valence-corrected chi connectivity index (χ3v) is 8.31. The van der Waals surface area contributed by atoms with Gasteiger partial charge in [-0.3, -0.25) is 18.9 Å². The number of anilines is 1. The van der Waals surface area contributed by atoms with Crippen LogP contribution >= 0.6 is 35.7 Å². The van der Waals surface area contributed by atoms with Crippen LogP contribution < -0.4 is 19.9 Å². The Bertz CT molecular complexity index is 1450. The van der Waals surface area contributed by atoms with E-state index in [9.17, 15) is 9.59 Å². The number of nitrogens with zero attached hydrogens (tertiary/aromatic N) is 4. The summed E-state index contributed by atoms with van der Waals surface area (Å²) >= 11 is 8.62. The third-order valence-electron chi connectivity index (χ3n) is 5.99. The van der Waals surface area contributed by atoms with Crippen molar-refractivity contribution in [2.75, 3.05) is 36.3 Å². The average molecular weight is 525 g/mol. The number of thioether (sulfide) groups is 2. The minimum atomic E-state index is -0.227. The monoisotopic (exact) mass is 524 g/mol. The zero-order valence-corrected chi connectivity index (χ0v) is 21.0. The van der Waals surface area contributed by atoms with Crippen molar-refractivity contribution < 1.29 is 14.3 Å². The lowest BCUT2D eigenvalue weighted by Gasteiger charge is -2.28. The first-order valence-electron chi connectivity index (χ1n) is 11.1. The standard InChI is InChI=1S/C24H20N4O4S3/c29-22-16(21(26-7-9-34-10-8-26)25-20-3-1-2-6-27(20)22)12-19-23(30)28(24(33)35-19)13-15-4-5-17-18(11-15)32-14-31-17/h1-6,11-12H,7-10,13-14H2/b19-12-. The van der Waals surface area contributed by atoms with Crippen LogP contribution in [0.4, 0.5) is 5.82 Å². The third kappa shape index (κ3) is 4.17. The van der Waals surface area contributed by atoms with E-state index in [2.05, 4.69) is 4.90 Å². The van der Waals surface area contributed by atoms with Crippen molar-refractivity contribution >= 4 is 63.5 Å². The van der Waals surface area contributed by atoms with Gasteiger partial charge in [0, 0.05) is 30.8 Å². The number of fused-ring (bicyclic) bond motifs is 2. The normalized spacial score (nSPS) is 18.8. The largest absolute Gasteiger partial charge is 0.454 e. The van der Waals surface area contributed by atoms with E-state index in [1.807, 2.05) is 42.1 Å². The lowest BCUT2D eigenvalue weighted by molar-refractivity contribution is -0.122. The van der Waals surface area contributed by atoms with Gasteiger partial charge in [0.2, 0.25) is 6.79 Å². The number of aromatic nitrogens is 2. The van der Waals surface area contributed by atoms with Crippen LogP contribution in [0, 0.1) is 0 Å². The van der Waals surface area contributed by atoms with Gasteiger partial charge in [-0.05, 0) is 35.9 Å². The summed E-state index contributed by atoms with van der Waals surface area (Å²) in [7, 11) is 0. The Labute approximate surface area is 214 Å². The van der Waals surface area contributed by atoms with E-state index in [0.717, 1.165) is 30.2 Å². The van der Waals surface area contributed by atoms with Gasteiger partial charge in [0.1, 0.15) is 15.8 Å². The number of carbonyl (C=O) groups is 1. The Kier molecular flexibility index (Phi) is 5.91. The van der Waals surface area contributed by atoms with E-state index in [4.69, 9.17) is 26.7 Å². The first-order valence-corrected chi connectivity index (χ1v) is 13.4. The Morgan fingerprint density at radius 2 is 1.91 bits per heavy atom. The molecule has 0 saturated carbocycles. The van der Waals surface area contributed by atoms with Crippen molar-refractivity contribution in [3.63, 3.8) is 0 Å². The topological polar surface area (TPSA) is 76.4 Å². The fourth-order valence-electron chi connectivity index (χ4n) is 4.22. The summed E-state index contributed by atoms with van der Waals surface area (Å²) in [6, 6.07) is 11.0. The van der Waals surface area contributed by atoms with Gasteiger partial charge in [-0.25, -0.2) is 4.98 Å². The molecule has 1 amide bonds. The van der Waals surface area contributed by atoms with Crippen LogP contribution in [0.3, 0.4) is 0 Å². The molecule has 0 spiro atoms. The van der Waals surface area contributed by atoms with Gasteiger partial charge in [-0.1, -0.05) is 36.1 Å². The summed E-state index contributed by atoms with van der Waals surface area (Å²) in [6.07, 6.45) is 3.35. The molecule has 3 aromatic rings. The highest BCUT2D eigenvalue weighted by atomic mass is 32.2.